The average Bonchev–Trinajstić information content (AvgIpc) is 3.47. The van der Waals surface area contributed by atoms with E-state index in [1.807, 2.05) is 33.3 Å². The summed E-state index contributed by atoms with van der Waals surface area (Å²) in [5.41, 5.74) is 0. The standard InChI is InChI=1S/C73H135N2O7P/c1-7-10-13-16-19-22-25-28-30-32-33-34-35-36-37-38-39-40-41-43-44-47-50-53-56-59-62-65-72(76)74-70(69-81-83(78,79)80-68-67-75(4,5)6)71(64-61-58-55-52-49-46-27-24-21-18-15-12-9-3)82-73(77)66-63-60-57-54-51-48-45-42-31-29-26-23-20-17-14-11-8-2/h19,22,28-31,33-34,36-37,61,64,70-71H,7-18,20-21,23-27,32,35,38-60,62-63,65-69H2,1-6H3,(H-,74,76,78,79)/b22-19-,30-28-,31-29+,34-33-,37-36-,64-61-. The lowest BCUT2D eigenvalue weighted by Crippen LogP contribution is -2.47. The average molecular weight is 1180 g/mol. The third-order valence-electron chi connectivity index (χ3n) is 15.6. The molecule has 0 aliphatic carbocycles. The van der Waals surface area contributed by atoms with E-state index in [-0.39, 0.29) is 24.9 Å². The van der Waals surface area contributed by atoms with Crippen molar-refractivity contribution in [2.45, 2.75) is 341 Å². The molecule has 0 heterocycles. The zero-order valence-electron chi connectivity index (χ0n) is 55.4. The molecule has 0 aromatic heterocycles. The summed E-state index contributed by atoms with van der Waals surface area (Å²) in [4.78, 5) is 40.2. The molecule has 0 spiro atoms. The SMILES string of the molecule is CCCCC/C=C\C/C=C\C/C=C\C/C=C\CCCCCCCCCCCCCC(=O)NC(COP(=O)([O-])OCC[N+](C)(C)C)C(/C=C\CCCCCCCCCCCCC)OC(=O)CCCCCCCCC/C=C/CCCCCCCC. The van der Waals surface area contributed by atoms with Crippen molar-refractivity contribution in [3.63, 3.8) is 0 Å². The molecule has 484 valence electrons. The van der Waals surface area contributed by atoms with Crippen LogP contribution in [0.25, 0.3) is 0 Å². The van der Waals surface area contributed by atoms with Crippen LogP contribution in [0.2, 0.25) is 0 Å². The number of allylic oxidation sites excluding steroid dienone is 11. The Hall–Kier alpha value is -2.55. The Morgan fingerprint density at radius 1 is 0.422 bits per heavy atom. The Morgan fingerprint density at radius 2 is 0.735 bits per heavy atom. The zero-order chi connectivity index (χ0) is 60.7. The van der Waals surface area contributed by atoms with Crippen LogP contribution in [0.3, 0.4) is 0 Å². The maximum Gasteiger partial charge on any atom is 0.306 e. The highest BCUT2D eigenvalue weighted by Gasteiger charge is 2.27. The van der Waals surface area contributed by atoms with Crippen molar-refractivity contribution in [1.82, 2.24) is 5.32 Å². The number of phosphoric ester groups is 1. The number of nitrogens with one attached hydrogen (secondary N) is 1. The van der Waals surface area contributed by atoms with E-state index in [1.54, 1.807) is 0 Å². The molecule has 3 atom stereocenters. The third-order valence-corrected chi connectivity index (χ3v) is 16.6. The molecule has 0 fully saturated rings. The van der Waals surface area contributed by atoms with Gasteiger partial charge in [0.1, 0.15) is 19.3 Å². The molecule has 9 nitrogen and oxygen atoms in total. The van der Waals surface area contributed by atoms with Crippen molar-refractivity contribution in [1.29, 1.82) is 0 Å². The molecule has 0 rings (SSSR count). The van der Waals surface area contributed by atoms with E-state index < -0.39 is 26.6 Å². The van der Waals surface area contributed by atoms with E-state index in [4.69, 9.17) is 13.8 Å². The Kier molecular flexibility index (Phi) is 60.6. The molecular formula is C73H135N2O7P. The second-order valence-electron chi connectivity index (χ2n) is 25.0. The van der Waals surface area contributed by atoms with Crippen LogP contribution in [0.4, 0.5) is 0 Å². The fourth-order valence-electron chi connectivity index (χ4n) is 10.1. The summed E-state index contributed by atoms with van der Waals surface area (Å²) in [6, 6.07) is -0.894. The zero-order valence-corrected chi connectivity index (χ0v) is 56.3. The van der Waals surface area contributed by atoms with E-state index in [0.717, 1.165) is 96.3 Å². The van der Waals surface area contributed by atoms with Crippen LogP contribution in [-0.4, -0.2) is 69.4 Å². The number of ether oxygens (including phenoxy) is 1. The van der Waals surface area contributed by atoms with Crippen molar-refractivity contribution < 1.29 is 37.3 Å². The second kappa shape index (κ2) is 62.5. The van der Waals surface area contributed by atoms with Crippen LogP contribution < -0.4 is 10.2 Å². The molecule has 10 heteroatoms. The van der Waals surface area contributed by atoms with Gasteiger partial charge in [-0.05, 0) is 102 Å². The van der Waals surface area contributed by atoms with Crippen molar-refractivity contribution in [2.24, 2.45) is 0 Å². The highest BCUT2D eigenvalue weighted by Crippen LogP contribution is 2.38. The van der Waals surface area contributed by atoms with Crippen molar-refractivity contribution in [2.75, 3.05) is 40.9 Å². The van der Waals surface area contributed by atoms with Crippen LogP contribution in [0.15, 0.2) is 72.9 Å². The number of amides is 1. The lowest BCUT2D eigenvalue weighted by Gasteiger charge is -2.30. The molecule has 0 radical (unpaired) electrons. The topological polar surface area (TPSA) is 114 Å². The predicted octanol–water partition coefficient (Wildman–Crippen LogP) is 21.7. The van der Waals surface area contributed by atoms with Gasteiger partial charge < -0.3 is 28.5 Å². The first-order chi connectivity index (χ1) is 40.4. The molecule has 1 N–H and O–H groups in total. The molecule has 0 bridgehead atoms. The van der Waals surface area contributed by atoms with Gasteiger partial charge in [0.05, 0.1) is 33.8 Å². The lowest BCUT2D eigenvalue weighted by molar-refractivity contribution is -0.870. The number of phosphoric acid groups is 1. The van der Waals surface area contributed by atoms with Gasteiger partial charge in [-0.1, -0.05) is 287 Å². The number of carbonyl (C=O) groups excluding carboxylic acids is 2. The highest BCUT2D eigenvalue weighted by molar-refractivity contribution is 7.45. The molecule has 83 heavy (non-hydrogen) atoms. The Morgan fingerprint density at radius 3 is 1.13 bits per heavy atom. The number of nitrogens with zero attached hydrogens (tertiary/aromatic N) is 1. The van der Waals surface area contributed by atoms with Gasteiger partial charge in [0.2, 0.25) is 5.91 Å². The fourth-order valence-corrected chi connectivity index (χ4v) is 10.9. The molecular weight excluding hydrogens is 1050 g/mol. The van der Waals surface area contributed by atoms with Gasteiger partial charge >= 0.3 is 5.97 Å². The first-order valence-electron chi connectivity index (χ1n) is 35.2. The number of hydrogen-bond acceptors (Lipinski definition) is 7. The number of esters is 1. The molecule has 3 unspecified atom stereocenters. The quantitative estimate of drug-likeness (QED) is 0.0212. The highest BCUT2D eigenvalue weighted by atomic mass is 31.2. The number of carbonyl (C=O) groups is 2. The van der Waals surface area contributed by atoms with Gasteiger partial charge in [-0.25, -0.2) is 0 Å². The number of quaternary nitrogens is 1. The van der Waals surface area contributed by atoms with Gasteiger partial charge in [0.15, 0.2) is 0 Å². The molecule has 0 aliphatic rings. The molecule has 0 aromatic rings. The fraction of sp³-hybridized carbons (Fsp3) is 0.808. The summed E-state index contributed by atoms with van der Waals surface area (Å²) in [6.07, 6.45) is 81.6. The van der Waals surface area contributed by atoms with Crippen LogP contribution >= 0.6 is 7.82 Å². The van der Waals surface area contributed by atoms with Gasteiger partial charge in [0.25, 0.3) is 7.82 Å². The Labute approximate surface area is 514 Å². The summed E-state index contributed by atoms with van der Waals surface area (Å²) in [5.74, 6) is -0.541. The predicted molar refractivity (Wildman–Crippen MR) is 358 cm³/mol. The van der Waals surface area contributed by atoms with Crippen LogP contribution in [-0.2, 0) is 27.9 Å². The summed E-state index contributed by atoms with van der Waals surface area (Å²) in [5, 5.41) is 3.04. The van der Waals surface area contributed by atoms with E-state index >= 15 is 0 Å². The summed E-state index contributed by atoms with van der Waals surface area (Å²) < 4.78 is 30.4. The van der Waals surface area contributed by atoms with Crippen molar-refractivity contribution in [3.8, 4) is 0 Å². The number of unbranched alkanes of at least 4 members (excludes halogenated alkanes) is 38. The third kappa shape index (κ3) is 63.8. The normalized spacial score (nSPS) is 14.0. The van der Waals surface area contributed by atoms with E-state index in [0.29, 0.717) is 17.4 Å². The molecule has 0 saturated heterocycles. The minimum atomic E-state index is -4.71. The van der Waals surface area contributed by atoms with Gasteiger partial charge in [-0.2, -0.15) is 0 Å². The number of rotatable bonds is 64. The van der Waals surface area contributed by atoms with E-state index in [9.17, 15) is 19.0 Å². The molecule has 1 amide bonds. The van der Waals surface area contributed by atoms with Gasteiger partial charge in [-0.3, -0.25) is 14.2 Å². The maximum absolute atomic E-state index is 13.6. The van der Waals surface area contributed by atoms with Gasteiger partial charge in [-0.15, -0.1) is 0 Å². The van der Waals surface area contributed by atoms with Crippen LogP contribution in [0, 0.1) is 0 Å². The smallest absolute Gasteiger partial charge is 0.306 e. The van der Waals surface area contributed by atoms with Crippen LogP contribution in [0.1, 0.15) is 329 Å². The number of likely N-dealkylation sites (N-methyl/N-ethyl adjacent to an activating group) is 1. The molecule has 0 aliphatic heterocycles. The Balaban J connectivity index is 5.09. The first kappa shape index (κ1) is 80.5. The lowest BCUT2D eigenvalue weighted by atomic mass is 10.0. The van der Waals surface area contributed by atoms with Crippen LogP contribution in [0.5, 0.6) is 0 Å². The van der Waals surface area contributed by atoms with Crippen molar-refractivity contribution >= 4 is 19.7 Å². The summed E-state index contributed by atoms with van der Waals surface area (Å²) in [6.45, 7) is 6.84. The minimum absolute atomic E-state index is 0.0247. The van der Waals surface area contributed by atoms with Crippen molar-refractivity contribution in [3.05, 3.63) is 72.9 Å². The number of hydrogen-bond donors (Lipinski definition) is 1. The monoisotopic (exact) mass is 1180 g/mol. The van der Waals surface area contributed by atoms with E-state index in [1.165, 1.54) is 199 Å². The minimum Gasteiger partial charge on any atom is -0.756 e. The second-order valence-corrected chi connectivity index (χ2v) is 26.4. The Bertz CT molecular complexity index is 1650. The van der Waals surface area contributed by atoms with Gasteiger partial charge in [0, 0.05) is 12.8 Å². The summed E-state index contributed by atoms with van der Waals surface area (Å²) in [7, 11) is 1.18. The molecule has 0 saturated carbocycles. The molecule has 0 aromatic carbocycles. The maximum atomic E-state index is 13.6. The first-order valence-corrected chi connectivity index (χ1v) is 36.7. The largest absolute Gasteiger partial charge is 0.756 e. The van der Waals surface area contributed by atoms with E-state index in [2.05, 4.69) is 86.8 Å². The summed E-state index contributed by atoms with van der Waals surface area (Å²) >= 11 is 0.